The van der Waals surface area contributed by atoms with Gasteiger partial charge >= 0.3 is 0 Å². The van der Waals surface area contributed by atoms with Crippen molar-refractivity contribution in [3.63, 3.8) is 0 Å². The normalized spacial score (nSPS) is 11.8. The number of hydrogen-bond donors (Lipinski definition) is 0. The van der Waals surface area contributed by atoms with Crippen LogP contribution in [0.15, 0.2) is 41.8 Å². The summed E-state index contributed by atoms with van der Waals surface area (Å²) < 4.78 is 0. The summed E-state index contributed by atoms with van der Waals surface area (Å²) >= 11 is 1.46. The summed E-state index contributed by atoms with van der Waals surface area (Å²) in [4.78, 5) is 12.9. The highest BCUT2D eigenvalue weighted by atomic mass is 32.1. The summed E-state index contributed by atoms with van der Waals surface area (Å²) in [6, 6.07) is 14.0. The number of nitrogens with zero attached hydrogens (tertiary/aromatic N) is 1. The SMILES string of the molecule is Cc1ccc(CCC(=O)C(C#N)c2cccs2)cc1. The maximum absolute atomic E-state index is 12.1. The molecule has 3 heteroatoms. The van der Waals surface area contributed by atoms with Crippen LogP contribution in [-0.2, 0) is 11.2 Å². The van der Waals surface area contributed by atoms with Gasteiger partial charge in [0.25, 0.3) is 0 Å². The Kier molecular flexibility index (Phi) is 4.48. The highest BCUT2D eigenvalue weighted by Crippen LogP contribution is 2.23. The molecule has 0 spiro atoms. The third-order valence-corrected chi connectivity index (χ3v) is 4.00. The van der Waals surface area contributed by atoms with Crippen LogP contribution in [0.1, 0.15) is 28.3 Å². The van der Waals surface area contributed by atoms with Gasteiger partial charge in [-0.2, -0.15) is 5.26 Å². The number of hydrogen-bond acceptors (Lipinski definition) is 3. The second kappa shape index (κ2) is 6.31. The van der Waals surface area contributed by atoms with Crippen molar-refractivity contribution >= 4 is 17.1 Å². The lowest BCUT2D eigenvalue weighted by Gasteiger charge is -2.06. The molecular formula is C16H15NOS. The fraction of sp³-hybridized carbons (Fsp3) is 0.250. The minimum Gasteiger partial charge on any atom is -0.298 e. The van der Waals surface area contributed by atoms with E-state index < -0.39 is 5.92 Å². The number of aryl methyl sites for hydroxylation is 2. The molecule has 0 bridgehead atoms. The van der Waals surface area contributed by atoms with Crippen LogP contribution in [0.4, 0.5) is 0 Å². The summed E-state index contributed by atoms with van der Waals surface area (Å²) in [7, 11) is 0. The Labute approximate surface area is 117 Å². The largest absolute Gasteiger partial charge is 0.298 e. The third kappa shape index (κ3) is 3.52. The van der Waals surface area contributed by atoms with Gasteiger partial charge in [-0.25, -0.2) is 0 Å². The van der Waals surface area contributed by atoms with Crippen LogP contribution in [0.2, 0.25) is 0 Å². The molecule has 0 fully saturated rings. The van der Waals surface area contributed by atoms with Crippen molar-refractivity contribution in [2.45, 2.75) is 25.7 Å². The fourth-order valence-corrected chi connectivity index (χ4v) is 2.71. The zero-order chi connectivity index (χ0) is 13.7. The van der Waals surface area contributed by atoms with E-state index in [0.29, 0.717) is 12.8 Å². The van der Waals surface area contributed by atoms with E-state index >= 15 is 0 Å². The number of Topliss-reactive ketones (excluding diaryl/α,β-unsaturated/α-hetero) is 1. The monoisotopic (exact) mass is 269 g/mol. The van der Waals surface area contributed by atoms with E-state index in [1.807, 2.05) is 48.7 Å². The fourth-order valence-electron chi connectivity index (χ4n) is 1.92. The smallest absolute Gasteiger partial charge is 0.155 e. The lowest BCUT2D eigenvalue weighted by Crippen LogP contribution is -2.10. The molecule has 0 radical (unpaired) electrons. The molecule has 0 aliphatic rings. The minimum absolute atomic E-state index is 0.00512. The van der Waals surface area contributed by atoms with Gasteiger partial charge in [0, 0.05) is 11.3 Å². The van der Waals surface area contributed by atoms with Gasteiger partial charge in [-0.1, -0.05) is 35.9 Å². The first-order valence-corrected chi connectivity index (χ1v) is 7.10. The molecule has 0 amide bonds. The molecule has 1 unspecified atom stereocenters. The standard InChI is InChI=1S/C16H15NOS/c1-12-4-6-13(7-5-12)8-9-15(18)14(11-17)16-3-2-10-19-16/h2-7,10,14H,8-9H2,1H3. The molecule has 0 saturated heterocycles. The van der Waals surface area contributed by atoms with Crippen LogP contribution in [-0.4, -0.2) is 5.78 Å². The van der Waals surface area contributed by atoms with Gasteiger partial charge in [-0.05, 0) is 30.4 Å². The van der Waals surface area contributed by atoms with Gasteiger partial charge in [-0.15, -0.1) is 11.3 Å². The minimum atomic E-state index is -0.606. The number of benzene rings is 1. The molecule has 2 nitrogen and oxygen atoms in total. The lowest BCUT2D eigenvalue weighted by atomic mass is 9.97. The van der Waals surface area contributed by atoms with Crippen molar-refractivity contribution < 1.29 is 4.79 Å². The molecule has 96 valence electrons. The Hall–Kier alpha value is -1.92. The van der Waals surface area contributed by atoms with Crippen LogP contribution in [0.5, 0.6) is 0 Å². The predicted octanol–water partition coefficient (Wildman–Crippen LogP) is 3.87. The molecule has 19 heavy (non-hydrogen) atoms. The first-order chi connectivity index (χ1) is 9.20. The molecule has 1 aromatic heterocycles. The topological polar surface area (TPSA) is 40.9 Å². The maximum atomic E-state index is 12.1. The second-order valence-corrected chi connectivity index (χ2v) is 5.51. The molecule has 0 aliphatic carbocycles. The zero-order valence-corrected chi connectivity index (χ0v) is 11.6. The van der Waals surface area contributed by atoms with Crippen LogP contribution in [0, 0.1) is 18.3 Å². The maximum Gasteiger partial charge on any atom is 0.155 e. The number of nitriles is 1. The Morgan fingerprint density at radius 2 is 2.05 bits per heavy atom. The van der Waals surface area contributed by atoms with E-state index in [1.54, 1.807) is 0 Å². The lowest BCUT2D eigenvalue weighted by molar-refractivity contribution is -0.119. The van der Waals surface area contributed by atoms with Gasteiger partial charge in [0.15, 0.2) is 5.78 Å². The van der Waals surface area contributed by atoms with Crippen LogP contribution >= 0.6 is 11.3 Å². The first kappa shape index (κ1) is 13.5. The molecule has 1 heterocycles. The average molecular weight is 269 g/mol. The highest BCUT2D eigenvalue weighted by Gasteiger charge is 2.20. The van der Waals surface area contributed by atoms with Crippen LogP contribution < -0.4 is 0 Å². The van der Waals surface area contributed by atoms with E-state index in [1.165, 1.54) is 16.9 Å². The van der Waals surface area contributed by atoms with Gasteiger partial charge in [0.05, 0.1) is 6.07 Å². The van der Waals surface area contributed by atoms with Crippen molar-refractivity contribution in [2.75, 3.05) is 0 Å². The highest BCUT2D eigenvalue weighted by molar-refractivity contribution is 7.10. The molecule has 0 N–H and O–H groups in total. The van der Waals surface area contributed by atoms with Crippen molar-refractivity contribution in [3.05, 3.63) is 57.8 Å². The molecular weight excluding hydrogens is 254 g/mol. The van der Waals surface area contributed by atoms with E-state index in [4.69, 9.17) is 5.26 Å². The van der Waals surface area contributed by atoms with Crippen LogP contribution in [0.25, 0.3) is 0 Å². The molecule has 1 atom stereocenters. The number of carbonyl (C=O) groups excluding carboxylic acids is 1. The van der Waals surface area contributed by atoms with E-state index in [-0.39, 0.29) is 5.78 Å². The van der Waals surface area contributed by atoms with Crippen molar-refractivity contribution in [1.29, 1.82) is 5.26 Å². The van der Waals surface area contributed by atoms with E-state index in [2.05, 4.69) is 6.07 Å². The zero-order valence-electron chi connectivity index (χ0n) is 10.8. The van der Waals surface area contributed by atoms with Crippen molar-refractivity contribution in [3.8, 4) is 6.07 Å². The number of rotatable bonds is 5. The van der Waals surface area contributed by atoms with Gasteiger partial charge in [-0.3, -0.25) is 4.79 Å². The number of carbonyl (C=O) groups is 1. The van der Waals surface area contributed by atoms with E-state index in [9.17, 15) is 4.79 Å². The van der Waals surface area contributed by atoms with Crippen molar-refractivity contribution in [1.82, 2.24) is 0 Å². The number of thiophene rings is 1. The summed E-state index contributed by atoms with van der Waals surface area (Å²) in [6.07, 6.45) is 1.11. The second-order valence-electron chi connectivity index (χ2n) is 4.53. The summed E-state index contributed by atoms with van der Waals surface area (Å²) in [6.45, 7) is 2.04. The molecule has 1 aromatic carbocycles. The predicted molar refractivity (Wildman–Crippen MR) is 77.2 cm³/mol. The Bertz CT molecular complexity index is 578. The van der Waals surface area contributed by atoms with E-state index in [0.717, 1.165) is 10.4 Å². The Morgan fingerprint density at radius 3 is 2.63 bits per heavy atom. The average Bonchev–Trinajstić information content (AvgIpc) is 2.93. The summed E-state index contributed by atoms with van der Waals surface area (Å²) in [5, 5.41) is 11.0. The van der Waals surface area contributed by atoms with Gasteiger partial charge < -0.3 is 0 Å². The quantitative estimate of drug-likeness (QED) is 0.826. The molecule has 0 saturated carbocycles. The summed E-state index contributed by atoms with van der Waals surface area (Å²) in [5.41, 5.74) is 2.35. The third-order valence-electron chi connectivity index (χ3n) is 3.06. The molecule has 2 rings (SSSR count). The molecule has 2 aromatic rings. The summed E-state index contributed by atoms with van der Waals surface area (Å²) in [5.74, 6) is -0.601. The Balaban J connectivity index is 1.97. The van der Waals surface area contributed by atoms with Crippen LogP contribution in [0.3, 0.4) is 0 Å². The Morgan fingerprint density at radius 1 is 1.32 bits per heavy atom. The van der Waals surface area contributed by atoms with Crippen molar-refractivity contribution in [2.24, 2.45) is 0 Å². The van der Waals surface area contributed by atoms with Gasteiger partial charge in [0.2, 0.25) is 0 Å². The van der Waals surface area contributed by atoms with Gasteiger partial charge in [0.1, 0.15) is 5.92 Å². The molecule has 0 aliphatic heterocycles. The number of ketones is 1. The first-order valence-electron chi connectivity index (χ1n) is 6.22.